The van der Waals surface area contributed by atoms with Gasteiger partial charge in [0.25, 0.3) is 5.91 Å². The molecule has 4 aromatic carbocycles. The Hall–Kier alpha value is -5.30. The summed E-state index contributed by atoms with van der Waals surface area (Å²) in [5.74, 6) is -3.34. The predicted octanol–water partition coefficient (Wildman–Crippen LogP) is 7.82. The number of halogens is 2. The van der Waals surface area contributed by atoms with E-state index in [1.165, 1.54) is 18.2 Å². The monoisotopic (exact) mass is 560 g/mol. The van der Waals surface area contributed by atoms with Crippen molar-refractivity contribution in [3.63, 3.8) is 0 Å². The maximum atomic E-state index is 14.1. The van der Waals surface area contributed by atoms with Crippen molar-refractivity contribution < 1.29 is 23.5 Å². The number of hydrogen-bond acceptors (Lipinski definition) is 2. The van der Waals surface area contributed by atoms with Gasteiger partial charge in [0.05, 0.1) is 16.6 Å². The zero-order chi connectivity index (χ0) is 29.4. The van der Waals surface area contributed by atoms with Crippen molar-refractivity contribution in [2.45, 2.75) is 19.4 Å². The highest BCUT2D eigenvalue weighted by atomic mass is 19.2. The molecule has 0 radical (unpaired) electrons. The summed E-state index contributed by atoms with van der Waals surface area (Å²) in [6.45, 7) is 2.27. The number of benzene rings is 4. The van der Waals surface area contributed by atoms with Gasteiger partial charge in [0.2, 0.25) is 0 Å². The van der Waals surface area contributed by atoms with E-state index in [0.717, 1.165) is 39.6 Å². The van der Waals surface area contributed by atoms with Crippen LogP contribution in [0.25, 0.3) is 27.4 Å². The van der Waals surface area contributed by atoms with E-state index in [1.54, 1.807) is 24.4 Å². The lowest BCUT2D eigenvalue weighted by Gasteiger charge is -2.16. The third-order valence-electron chi connectivity index (χ3n) is 7.67. The van der Waals surface area contributed by atoms with E-state index in [1.807, 2.05) is 28.8 Å². The summed E-state index contributed by atoms with van der Waals surface area (Å²) in [4.78, 5) is 24.9. The lowest BCUT2D eigenvalue weighted by Crippen LogP contribution is -2.24. The van der Waals surface area contributed by atoms with Crippen LogP contribution >= 0.6 is 0 Å². The number of nitrogens with zero attached hydrogens (tertiary/aromatic N) is 1. The molecular weight excluding hydrogens is 534 g/mol. The second-order valence-corrected chi connectivity index (χ2v) is 10.3. The Kier molecular flexibility index (Phi) is 7.00. The first-order valence-corrected chi connectivity index (χ1v) is 13.5. The quantitative estimate of drug-likeness (QED) is 0.209. The number of carboxylic acids is 1. The second kappa shape index (κ2) is 10.9. The van der Waals surface area contributed by atoms with Crippen LogP contribution in [0, 0.1) is 11.6 Å². The third kappa shape index (κ3) is 5.12. The first-order chi connectivity index (χ1) is 20.3. The Morgan fingerprint density at radius 2 is 1.60 bits per heavy atom. The molecule has 42 heavy (non-hydrogen) atoms. The van der Waals surface area contributed by atoms with Crippen LogP contribution in [0.1, 0.15) is 50.2 Å². The van der Waals surface area contributed by atoms with Gasteiger partial charge >= 0.3 is 5.97 Å². The van der Waals surface area contributed by atoms with Gasteiger partial charge in [-0.05, 0) is 75.0 Å². The molecule has 0 aliphatic carbocycles. The summed E-state index contributed by atoms with van der Waals surface area (Å²) in [7, 11) is 0. The topological polar surface area (TPSA) is 70.8 Å². The maximum absolute atomic E-state index is 14.1. The molecule has 2 aromatic heterocycles. The van der Waals surface area contributed by atoms with Crippen LogP contribution in [-0.4, -0.2) is 21.4 Å². The second-order valence-electron chi connectivity index (χ2n) is 10.3. The Morgan fingerprint density at radius 3 is 2.33 bits per heavy atom. The molecule has 0 saturated carbocycles. The van der Waals surface area contributed by atoms with E-state index in [-0.39, 0.29) is 23.9 Å². The molecule has 0 unspecified atom stereocenters. The third-order valence-corrected chi connectivity index (χ3v) is 7.67. The molecule has 5 nitrogen and oxygen atoms in total. The van der Waals surface area contributed by atoms with Gasteiger partial charge in [-0.1, -0.05) is 67.6 Å². The van der Waals surface area contributed by atoms with Crippen LogP contribution in [0.3, 0.4) is 0 Å². The van der Waals surface area contributed by atoms with Gasteiger partial charge in [-0.3, -0.25) is 4.79 Å². The van der Waals surface area contributed by atoms with Gasteiger partial charge in [-0.2, -0.15) is 0 Å². The van der Waals surface area contributed by atoms with Gasteiger partial charge in [0.1, 0.15) is 0 Å². The highest BCUT2D eigenvalue weighted by Gasteiger charge is 2.21. The summed E-state index contributed by atoms with van der Waals surface area (Å²) in [5.41, 5.74) is 5.01. The Labute approximate surface area is 240 Å². The van der Waals surface area contributed by atoms with E-state index >= 15 is 0 Å². The number of carbonyl (C=O) groups is 2. The molecule has 7 heteroatoms. The van der Waals surface area contributed by atoms with Gasteiger partial charge in [-0.25, -0.2) is 13.6 Å². The molecule has 2 heterocycles. The Balaban J connectivity index is 1.42. The number of pyridine rings is 1. The van der Waals surface area contributed by atoms with Crippen molar-refractivity contribution >= 4 is 28.2 Å². The first-order valence-electron chi connectivity index (χ1n) is 13.5. The minimum Gasteiger partial charge on any atom is -0.478 e. The molecule has 0 aliphatic heterocycles. The van der Waals surface area contributed by atoms with Gasteiger partial charge in [0.15, 0.2) is 11.6 Å². The van der Waals surface area contributed by atoms with Crippen molar-refractivity contribution in [3.05, 3.63) is 149 Å². The van der Waals surface area contributed by atoms with Crippen LogP contribution in [0.4, 0.5) is 8.78 Å². The molecule has 0 spiro atoms. The van der Waals surface area contributed by atoms with Crippen molar-refractivity contribution in [3.8, 4) is 11.1 Å². The number of rotatable bonds is 7. The number of carbonyl (C=O) groups excluding carboxylic acids is 1. The zero-order valence-corrected chi connectivity index (χ0v) is 22.6. The van der Waals surface area contributed by atoms with Crippen molar-refractivity contribution in [2.75, 3.05) is 0 Å². The van der Waals surface area contributed by atoms with Crippen molar-refractivity contribution in [1.82, 2.24) is 9.72 Å². The molecule has 2 N–H and O–H groups in total. The average Bonchev–Trinajstić information content (AvgIpc) is 3.44. The minimum atomic E-state index is -1.02. The molecule has 0 fully saturated rings. The molecule has 6 aromatic rings. The van der Waals surface area contributed by atoms with Crippen LogP contribution in [0.15, 0.2) is 109 Å². The largest absolute Gasteiger partial charge is 0.478 e. The number of amides is 1. The highest BCUT2D eigenvalue weighted by Crippen LogP contribution is 2.34. The van der Waals surface area contributed by atoms with Crippen LogP contribution in [-0.2, 0) is 6.54 Å². The number of fused-ring (bicyclic) bond motifs is 2. The van der Waals surface area contributed by atoms with E-state index in [4.69, 9.17) is 5.11 Å². The van der Waals surface area contributed by atoms with Gasteiger partial charge < -0.3 is 14.8 Å². The summed E-state index contributed by atoms with van der Waals surface area (Å²) < 4.78 is 29.7. The maximum Gasteiger partial charge on any atom is 0.335 e. The van der Waals surface area contributed by atoms with Crippen molar-refractivity contribution in [2.24, 2.45) is 0 Å². The molecule has 1 atom stereocenters. The van der Waals surface area contributed by atoms with Crippen LogP contribution < -0.4 is 5.32 Å². The van der Waals surface area contributed by atoms with E-state index in [2.05, 4.69) is 42.6 Å². The molecule has 0 bridgehead atoms. The fourth-order valence-corrected chi connectivity index (χ4v) is 5.33. The lowest BCUT2D eigenvalue weighted by molar-refractivity contribution is 0.0696. The predicted molar refractivity (Wildman–Crippen MR) is 159 cm³/mol. The van der Waals surface area contributed by atoms with Gasteiger partial charge in [-0.15, -0.1) is 0 Å². The number of carboxylic acid groups (broad SMARTS) is 1. The lowest BCUT2D eigenvalue weighted by atomic mass is 9.90. The molecule has 1 amide bonds. The Morgan fingerprint density at radius 1 is 0.833 bits per heavy atom. The summed E-state index contributed by atoms with van der Waals surface area (Å²) in [5, 5.41) is 14.4. The van der Waals surface area contributed by atoms with E-state index in [9.17, 15) is 18.4 Å². The summed E-state index contributed by atoms with van der Waals surface area (Å²) >= 11 is 0. The normalized spacial score (nSPS) is 12.0. The van der Waals surface area contributed by atoms with Crippen molar-refractivity contribution in [1.29, 1.82) is 0 Å². The SMILES string of the molecule is C[C@H](c1ccc2ccccc2c1)c1ccn2cc(-c3ccc(F)c(F)c3)cc(C(=O)NCc3ccc(C(=O)O)cc3)c12. The van der Waals surface area contributed by atoms with Crippen LogP contribution in [0.5, 0.6) is 0 Å². The smallest absolute Gasteiger partial charge is 0.335 e. The molecular formula is C35H26F2N2O3. The number of aromatic carboxylic acids is 1. The zero-order valence-electron chi connectivity index (χ0n) is 22.6. The molecule has 6 rings (SSSR count). The van der Waals surface area contributed by atoms with Gasteiger partial charge in [0, 0.05) is 24.9 Å². The summed E-state index contributed by atoms with van der Waals surface area (Å²) in [6, 6.07) is 28.1. The summed E-state index contributed by atoms with van der Waals surface area (Å²) in [6.07, 6.45) is 3.67. The fraction of sp³-hybridized carbons (Fsp3) is 0.0857. The van der Waals surface area contributed by atoms with E-state index in [0.29, 0.717) is 22.2 Å². The highest BCUT2D eigenvalue weighted by molar-refractivity contribution is 6.03. The standard InChI is InChI=1S/C35H26F2N2O3/c1-21(25-11-10-23-4-2-3-5-26(23)16-25)29-14-15-39-20-28(27-12-13-31(36)32(37)18-27)17-30(33(29)39)34(40)38-19-22-6-8-24(9-7-22)35(41)42/h2-18,20-21H,19H2,1H3,(H,38,40)(H,41,42)/t21-/m1/s1. The number of nitrogens with one attached hydrogen (secondary N) is 1. The fourth-order valence-electron chi connectivity index (χ4n) is 5.33. The Bertz CT molecular complexity index is 1980. The van der Waals surface area contributed by atoms with E-state index < -0.39 is 17.6 Å². The first kappa shape index (κ1) is 26.9. The average molecular weight is 561 g/mol. The molecule has 0 saturated heterocycles. The number of aromatic nitrogens is 1. The minimum absolute atomic E-state index is 0.0520. The van der Waals surface area contributed by atoms with Crippen LogP contribution in [0.2, 0.25) is 0 Å². The molecule has 0 aliphatic rings. The number of hydrogen-bond donors (Lipinski definition) is 2. The molecule has 208 valence electrons.